The molecule has 6 heteroatoms. The van der Waals surface area contributed by atoms with E-state index in [1.807, 2.05) is 0 Å². The summed E-state index contributed by atoms with van der Waals surface area (Å²) in [4.78, 5) is 38.0. The second-order valence-corrected chi connectivity index (χ2v) is 23.4. The topological polar surface area (TPSA) is 78.9 Å². The van der Waals surface area contributed by atoms with E-state index in [0.717, 1.165) is 128 Å². The fraction of sp³-hybridized carbons (Fsp3) is 0.727. The van der Waals surface area contributed by atoms with Crippen LogP contribution in [0.15, 0.2) is 109 Å². The highest BCUT2D eigenvalue weighted by atomic mass is 16.6. The van der Waals surface area contributed by atoms with Crippen molar-refractivity contribution in [1.82, 2.24) is 0 Å². The highest BCUT2D eigenvalue weighted by Gasteiger charge is 2.19. The molecule has 0 N–H and O–H groups in total. The van der Waals surface area contributed by atoms with Gasteiger partial charge in [-0.15, -0.1) is 0 Å². The molecular formula is C77H132O6. The summed E-state index contributed by atoms with van der Waals surface area (Å²) in [6, 6.07) is 0. The van der Waals surface area contributed by atoms with E-state index in [4.69, 9.17) is 14.2 Å². The Balaban J connectivity index is 3.94. The minimum absolute atomic E-state index is 0.0769. The molecule has 0 amide bonds. The van der Waals surface area contributed by atoms with Gasteiger partial charge in [-0.05, 0) is 103 Å². The second-order valence-electron chi connectivity index (χ2n) is 23.4. The first-order chi connectivity index (χ1) is 41.0. The van der Waals surface area contributed by atoms with Crippen molar-refractivity contribution >= 4 is 17.9 Å². The third kappa shape index (κ3) is 68.7. The zero-order valence-electron chi connectivity index (χ0n) is 54.7. The number of carbonyl (C=O) groups excluding carboxylic acids is 3. The number of unbranched alkanes of at least 4 members (excludes halogenated alkanes) is 35. The standard InChI is InChI=1S/C77H132O6/c1-4-7-10-13-15-17-19-21-23-25-27-29-31-33-34-35-36-37-38-39-40-41-42-44-45-47-49-51-53-55-57-59-61-64-67-70-76(79)82-73-74(72-81-75(78)69-66-63-12-9-6-3)83-77(80)71-68-65-62-60-58-56-54-52-50-48-46-43-32-30-28-26-24-22-20-18-16-14-11-8-5-2/h7-8,10-11,15-18,21-24,27-30,43,46,74H,4-6,9,12-14,19-20,25-26,31-42,44-45,47-73H2,1-3H3/b10-7-,11-8-,17-15-,18-16-,23-21-,24-22-,29-27-,30-28-,46-43-. The highest BCUT2D eigenvalue weighted by molar-refractivity contribution is 5.71. The summed E-state index contributed by atoms with van der Waals surface area (Å²) < 4.78 is 16.8. The lowest BCUT2D eigenvalue weighted by Gasteiger charge is -2.18. The highest BCUT2D eigenvalue weighted by Crippen LogP contribution is 2.18. The number of esters is 3. The molecule has 0 aliphatic heterocycles. The summed E-state index contributed by atoms with van der Waals surface area (Å²) in [5.74, 6) is -0.884. The molecule has 0 bridgehead atoms. The van der Waals surface area contributed by atoms with Crippen LogP contribution in [0.1, 0.15) is 342 Å². The van der Waals surface area contributed by atoms with E-state index in [1.165, 1.54) is 173 Å². The monoisotopic (exact) mass is 1150 g/mol. The molecule has 0 aromatic carbocycles. The van der Waals surface area contributed by atoms with Gasteiger partial charge >= 0.3 is 17.9 Å². The molecule has 1 atom stereocenters. The Hall–Kier alpha value is -3.93. The fourth-order valence-electron chi connectivity index (χ4n) is 10.1. The van der Waals surface area contributed by atoms with Gasteiger partial charge in [-0.3, -0.25) is 14.4 Å². The van der Waals surface area contributed by atoms with Gasteiger partial charge in [0.25, 0.3) is 0 Å². The summed E-state index contributed by atoms with van der Waals surface area (Å²) in [6.07, 6.45) is 97.5. The van der Waals surface area contributed by atoms with Crippen LogP contribution in [0.5, 0.6) is 0 Å². The molecule has 0 fully saturated rings. The average molecular weight is 1150 g/mol. The van der Waals surface area contributed by atoms with Crippen LogP contribution >= 0.6 is 0 Å². The molecule has 0 heterocycles. The van der Waals surface area contributed by atoms with Crippen molar-refractivity contribution in [2.75, 3.05) is 13.2 Å². The molecule has 0 radical (unpaired) electrons. The predicted octanol–water partition coefficient (Wildman–Crippen LogP) is 24.6. The maximum Gasteiger partial charge on any atom is 0.306 e. The van der Waals surface area contributed by atoms with Gasteiger partial charge in [-0.25, -0.2) is 0 Å². The normalized spacial score (nSPS) is 12.8. The molecule has 0 aromatic rings. The Bertz CT molecular complexity index is 1660. The Kier molecular flexibility index (Phi) is 67.2. The minimum Gasteiger partial charge on any atom is -0.462 e. The van der Waals surface area contributed by atoms with Crippen molar-refractivity contribution < 1.29 is 28.6 Å². The van der Waals surface area contributed by atoms with E-state index >= 15 is 0 Å². The first-order valence-corrected chi connectivity index (χ1v) is 35.4. The number of allylic oxidation sites excluding steroid dienone is 18. The van der Waals surface area contributed by atoms with E-state index in [1.54, 1.807) is 0 Å². The summed E-state index contributed by atoms with van der Waals surface area (Å²) in [7, 11) is 0. The molecule has 0 saturated carbocycles. The number of hydrogen-bond acceptors (Lipinski definition) is 6. The van der Waals surface area contributed by atoms with Crippen molar-refractivity contribution in [3.63, 3.8) is 0 Å². The SMILES string of the molecule is CC/C=C\C/C=C\C/C=C\C/C=C\C/C=C\CCCCCCCCCCCC(=O)OC(COC(=O)CCCCCCC)COC(=O)CCCCCCCCCCCCCCCCCCCCCCCC/C=C\C/C=C\C/C=C\C/C=C\CC. The molecule has 6 nitrogen and oxygen atoms in total. The Labute approximate surface area is 514 Å². The van der Waals surface area contributed by atoms with Gasteiger partial charge in [0.1, 0.15) is 13.2 Å². The first-order valence-electron chi connectivity index (χ1n) is 35.4. The smallest absolute Gasteiger partial charge is 0.306 e. The number of rotatable bonds is 64. The lowest BCUT2D eigenvalue weighted by molar-refractivity contribution is -0.167. The maximum atomic E-state index is 12.9. The second kappa shape index (κ2) is 70.6. The quantitative estimate of drug-likeness (QED) is 0.0261. The van der Waals surface area contributed by atoms with Gasteiger partial charge in [0.05, 0.1) is 0 Å². The predicted molar refractivity (Wildman–Crippen MR) is 362 cm³/mol. The van der Waals surface area contributed by atoms with Crippen LogP contribution in [0, 0.1) is 0 Å². The average Bonchev–Trinajstić information content (AvgIpc) is 3.49. The van der Waals surface area contributed by atoms with Gasteiger partial charge in [0, 0.05) is 19.3 Å². The van der Waals surface area contributed by atoms with Crippen LogP contribution < -0.4 is 0 Å². The lowest BCUT2D eigenvalue weighted by Crippen LogP contribution is -2.30. The summed E-state index contributed by atoms with van der Waals surface area (Å²) >= 11 is 0. The Morgan fingerprint density at radius 2 is 0.470 bits per heavy atom. The van der Waals surface area contributed by atoms with E-state index in [9.17, 15) is 14.4 Å². The summed E-state index contributed by atoms with van der Waals surface area (Å²) in [5, 5.41) is 0. The van der Waals surface area contributed by atoms with Crippen molar-refractivity contribution in [1.29, 1.82) is 0 Å². The van der Waals surface area contributed by atoms with Crippen LogP contribution in [0.4, 0.5) is 0 Å². The third-order valence-electron chi connectivity index (χ3n) is 15.3. The maximum absolute atomic E-state index is 12.9. The van der Waals surface area contributed by atoms with Gasteiger partial charge in [0.2, 0.25) is 0 Å². The molecule has 83 heavy (non-hydrogen) atoms. The zero-order valence-corrected chi connectivity index (χ0v) is 54.7. The van der Waals surface area contributed by atoms with E-state index in [0.29, 0.717) is 19.3 Å². The van der Waals surface area contributed by atoms with E-state index in [-0.39, 0.29) is 31.1 Å². The summed E-state index contributed by atoms with van der Waals surface area (Å²) in [5.41, 5.74) is 0. The molecule has 0 saturated heterocycles. The van der Waals surface area contributed by atoms with Gasteiger partial charge in [-0.1, -0.05) is 329 Å². The molecule has 0 aromatic heterocycles. The van der Waals surface area contributed by atoms with Crippen LogP contribution in [-0.2, 0) is 28.6 Å². The molecular weight excluding hydrogens is 1020 g/mol. The molecule has 476 valence electrons. The third-order valence-corrected chi connectivity index (χ3v) is 15.3. The molecule has 0 aliphatic carbocycles. The van der Waals surface area contributed by atoms with Crippen molar-refractivity contribution in [3.05, 3.63) is 109 Å². The number of ether oxygens (including phenoxy) is 3. The fourth-order valence-corrected chi connectivity index (χ4v) is 10.1. The van der Waals surface area contributed by atoms with Crippen LogP contribution in [0.25, 0.3) is 0 Å². The zero-order chi connectivity index (χ0) is 59.9. The van der Waals surface area contributed by atoms with E-state index in [2.05, 4.69) is 130 Å². The van der Waals surface area contributed by atoms with Gasteiger partial charge in [-0.2, -0.15) is 0 Å². The Morgan fingerprint density at radius 1 is 0.253 bits per heavy atom. The van der Waals surface area contributed by atoms with Crippen molar-refractivity contribution in [3.8, 4) is 0 Å². The molecule has 1 unspecified atom stereocenters. The molecule has 0 spiro atoms. The number of carbonyl (C=O) groups is 3. The van der Waals surface area contributed by atoms with Gasteiger partial charge in [0.15, 0.2) is 6.10 Å². The molecule has 0 aliphatic rings. The van der Waals surface area contributed by atoms with Crippen molar-refractivity contribution in [2.45, 2.75) is 348 Å². The first kappa shape index (κ1) is 79.1. The summed E-state index contributed by atoms with van der Waals surface area (Å²) in [6.45, 7) is 6.36. The minimum atomic E-state index is -0.777. The Morgan fingerprint density at radius 3 is 0.735 bits per heavy atom. The van der Waals surface area contributed by atoms with Crippen molar-refractivity contribution in [2.24, 2.45) is 0 Å². The molecule has 0 rings (SSSR count). The van der Waals surface area contributed by atoms with Gasteiger partial charge < -0.3 is 14.2 Å². The largest absolute Gasteiger partial charge is 0.462 e. The van der Waals surface area contributed by atoms with Crippen LogP contribution in [-0.4, -0.2) is 37.2 Å². The van der Waals surface area contributed by atoms with E-state index < -0.39 is 6.10 Å². The van der Waals surface area contributed by atoms with Crippen LogP contribution in [0.3, 0.4) is 0 Å². The number of hydrogen-bond donors (Lipinski definition) is 0. The lowest BCUT2D eigenvalue weighted by atomic mass is 10.0. The van der Waals surface area contributed by atoms with Crippen LogP contribution in [0.2, 0.25) is 0 Å².